The Hall–Kier alpha value is -1.83. The van der Waals surface area contributed by atoms with Gasteiger partial charge in [-0.2, -0.15) is 0 Å². The fourth-order valence-corrected chi connectivity index (χ4v) is 1.86. The number of halogens is 1. The van der Waals surface area contributed by atoms with E-state index in [1.54, 1.807) is 13.8 Å². The predicted molar refractivity (Wildman–Crippen MR) is 71.4 cm³/mol. The van der Waals surface area contributed by atoms with Crippen molar-refractivity contribution >= 4 is 0 Å². The third-order valence-corrected chi connectivity index (χ3v) is 3.20. The van der Waals surface area contributed by atoms with Crippen LogP contribution in [0.15, 0.2) is 36.4 Å². The molecular weight excluding hydrogens is 227 g/mol. The Morgan fingerprint density at radius 2 is 1.67 bits per heavy atom. The van der Waals surface area contributed by atoms with Crippen LogP contribution >= 0.6 is 0 Å². The Bertz CT molecular complexity index is 547. The molecule has 1 nitrogen and oxygen atoms in total. The maximum absolute atomic E-state index is 13.9. The van der Waals surface area contributed by atoms with Crippen molar-refractivity contribution in [2.75, 3.05) is 0 Å². The van der Waals surface area contributed by atoms with Gasteiger partial charge in [0.2, 0.25) is 0 Å². The van der Waals surface area contributed by atoms with Crippen molar-refractivity contribution in [1.29, 1.82) is 0 Å². The SMILES string of the molecule is Cc1cc(OCc2ccccc2)c(C)c(F)c1C. The monoisotopic (exact) mass is 244 g/mol. The largest absolute Gasteiger partial charge is 0.489 e. The summed E-state index contributed by atoms with van der Waals surface area (Å²) in [5, 5.41) is 0. The first-order valence-corrected chi connectivity index (χ1v) is 6.02. The zero-order valence-electron chi connectivity index (χ0n) is 11.0. The van der Waals surface area contributed by atoms with E-state index < -0.39 is 0 Å². The molecule has 0 unspecified atom stereocenters. The van der Waals surface area contributed by atoms with Crippen molar-refractivity contribution in [3.8, 4) is 5.75 Å². The lowest BCUT2D eigenvalue weighted by Gasteiger charge is -2.13. The number of ether oxygens (including phenoxy) is 1. The Morgan fingerprint density at radius 1 is 1.00 bits per heavy atom. The molecule has 0 heterocycles. The van der Waals surface area contributed by atoms with E-state index in [9.17, 15) is 4.39 Å². The predicted octanol–water partition coefficient (Wildman–Crippen LogP) is 4.33. The van der Waals surface area contributed by atoms with Gasteiger partial charge in [0.15, 0.2) is 0 Å². The smallest absolute Gasteiger partial charge is 0.132 e. The van der Waals surface area contributed by atoms with Crippen LogP contribution in [0.3, 0.4) is 0 Å². The summed E-state index contributed by atoms with van der Waals surface area (Å²) in [5.74, 6) is 0.456. The first-order valence-electron chi connectivity index (χ1n) is 6.02. The van der Waals surface area contributed by atoms with E-state index in [2.05, 4.69) is 0 Å². The zero-order valence-corrected chi connectivity index (χ0v) is 11.0. The Balaban J connectivity index is 2.20. The van der Waals surface area contributed by atoms with Crippen molar-refractivity contribution in [3.05, 3.63) is 64.5 Å². The van der Waals surface area contributed by atoms with Crippen LogP contribution in [-0.2, 0) is 6.61 Å². The summed E-state index contributed by atoms with van der Waals surface area (Å²) in [6, 6.07) is 11.8. The average molecular weight is 244 g/mol. The van der Waals surface area contributed by atoms with Gasteiger partial charge in [0.25, 0.3) is 0 Å². The van der Waals surface area contributed by atoms with E-state index >= 15 is 0 Å². The van der Waals surface area contributed by atoms with E-state index in [-0.39, 0.29) is 5.82 Å². The molecular formula is C16H17FO. The standard InChI is InChI=1S/C16H17FO/c1-11-9-15(13(3)16(17)12(11)2)18-10-14-7-5-4-6-8-14/h4-9H,10H2,1-3H3. The summed E-state index contributed by atoms with van der Waals surface area (Å²) in [6.45, 7) is 5.90. The molecule has 0 saturated carbocycles. The normalized spacial score (nSPS) is 10.4. The maximum Gasteiger partial charge on any atom is 0.132 e. The summed E-state index contributed by atoms with van der Waals surface area (Å²) < 4.78 is 19.6. The van der Waals surface area contributed by atoms with Gasteiger partial charge in [0.1, 0.15) is 18.2 Å². The summed E-state index contributed by atoms with van der Waals surface area (Å²) in [4.78, 5) is 0. The number of hydrogen-bond acceptors (Lipinski definition) is 1. The van der Waals surface area contributed by atoms with Crippen LogP contribution in [0.25, 0.3) is 0 Å². The molecule has 0 N–H and O–H groups in total. The Kier molecular flexibility index (Phi) is 3.66. The fraction of sp³-hybridized carbons (Fsp3) is 0.250. The molecule has 0 atom stereocenters. The maximum atomic E-state index is 13.9. The molecule has 2 rings (SSSR count). The van der Waals surface area contributed by atoms with Gasteiger partial charge in [0.05, 0.1) is 0 Å². The van der Waals surface area contributed by atoms with Crippen LogP contribution in [0.2, 0.25) is 0 Å². The highest BCUT2D eigenvalue weighted by atomic mass is 19.1. The summed E-state index contributed by atoms with van der Waals surface area (Å²) in [5.41, 5.74) is 3.27. The Morgan fingerprint density at radius 3 is 2.33 bits per heavy atom. The van der Waals surface area contributed by atoms with Gasteiger partial charge < -0.3 is 4.74 Å². The lowest BCUT2D eigenvalue weighted by molar-refractivity contribution is 0.301. The number of benzene rings is 2. The van der Waals surface area contributed by atoms with Crippen molar-refractivity contribution in [2.24, 2.45) is 0 Å². The molecule has 0 spiro atoms. The van der Waals surface area contributed by atoms with E-state index in [4.69, 9.17) is 4.74 Å². The second kappa shape index (κ2) is 5.21. The highest BCUT2D eigenvalue weighted by molar-refractivity contribution is 5.42. The molecule has 94 valence electrons. The van der Waals surface area contributed by atoms with E-state index in [1.165, 1.54) is 0 Å². The lowest BCUT2D eigenvalue weighted by Crippen LogP contribution is -2.01. The average Bonchev–Trinajstić information content (AvgIpc) is 2.40. The van der Waals surface area contributed by atoms with Crippen molar-refractivity contribution in [2.45, 2.75) is 27.4 Å². The fourth-order valence-electron chi connectivity index (χ4n) is 1.86. The number of hydrogen-bond donors (Lipinski definition) is 0. The van der Waals surface area contributed by atoms with Crippen LogP contribution in [-0.4, -0.2) is 0 Å². The molecule has 0 saturated heterocycles. The molecule has 0 radical (unpaired) electrons. The molecule has 0 amide bonds. The summed E-state index contributed by atoms with van der Waals surface area (Å²) >= 11 is 0. The molecule has 2 aromatic rings. The van der Waals surface area contributed by atoms with E-state index in [1.807, 2.05) is 43.3 Å². The number of aryl methyl sites for hydroxylation is 1. The van der Waals surface area contributed by atoms with E-state index in [0.717, 1.165) is 11.1 Å². The second-order valence-corrected chi connectivity index (χ2v) is 4.53. The van der Waals surface area contributed by atoms with Gasteiger partial charge in [-0.15, -0.1) is 0 Å². The van der Waals surface area contributed by atoms with Crippen LogP contribution < -0.4 is 4.74 Å². The van der Waals surface area contributed by atoms with Crippen molar-refractivity contribution in [3.63, 3.8) is 0 Å². The lowest BCUT2D eigenvalue weighted by atomic mass is 10.0. The third kappa shape index (κ3) is 2.53. The van der Waals surface area contributed by atoms with Crippen LogP contribution in [0.5, 0.6) is 5.75 Å². The first-order chi connectivity index (χ1) is 8.59. The van der Waals surface area contributed by atoms with Crippen molar-refractivity contribution < 1.29 is 9.13 Å². The van der Waals surface area contributed by atoms with Gasteiger partial charge >= 0.3 is 0 Å². The molecule has 18 heavy (non-hydrogen) atoms. The molecule has 0 aliphatic rings. The summed E-state index contributed by atoms with van der Waals surface area (Å²) in [7, 11) is 0. The quantitative estimate of drug-likeness (QED) is 0.780. The van der Waals surface area contributed by atoms with Crippen LogP contribution in [0.4, 0.5) is 4.39 Å². The Labute approximate surface area is 107 Å². The van der Waals surface area contributed by atoms with Gasteiger partial charge in [-0.05, 0) is 43.5 Å². The molecule has 2 aromatic carbocycles. The van der Waals surface area contributed by atoms with E-state index in [0.29, 0.717) is 23.5 Å². The van der Waals surface area contributed by atoms with Gasteiger partial charge in [-0.1, -0.05) is 30.3 Å². The molecule has 0 aliphatic heterocycles. The van der Waals surface area contributed by atoms with Gasteiger partial charge in [-0.25, -0.2) is 4.39 Å². The zero-order chi connectivity index (χ0) is 13.1. The molecule has 2 heteroatoms. The topological polar surface area (TPSA) is 9.23 Å². The van der Waals surface area contributed by atoms with Crippen LogP contribution in [0, 0.1) is 26.6 Å². The molecule has 0 fully saturated rings. The minimum Gasteiger partial charge on any atom is -0.489 e. The minimum atomic E-state index is -0.168. The molecule has 0 bridgehead atoms. The third-order valence-electron chi connectivity index (χ3n) is 3.20. The van der Waals surface area contributed by atoms with Gasteiger partial charge in [-0.3, -0.25) is 0 Å². The van der Waals surface area contributed by atoms with Gasteiger partial charge in [0, 0.05) is 5.56 Å². The number of rotatable bonds is 3. The van der Waals surface area contributed by atoms with Crippen molar-refractivity contribution in [1.82, 2.24) is 0 Å². The minimum absolute atomic E-state index is 0.168. The first kappa shape index (κ1) is 12.6. The molecule has 0 aliphatic carbocycles. The highest BCUT2D eigenvalue weighted by Crippen LogP contribution is 2.27. The van der Waals surface area contributed by atoms with Crippen LogP contribution in [0.1, 0.15) is 22.3 Å². The highest BCUT2D eigenvalue weighted by Gasteiger charge is 2.11. The second-order valence-electron chi connectivity index (χ2n) is 4.53. The molecule has 0 aromatic heterocycles. The summed E-state index contributed by atoms with van der Waals surface area (Å²) in [6.07, 6.45) is 0.